The van der Waals surface area contributed by atoms with Crippen molar-refractivity contribution in [1.82, 2.24) is 4.90 Å². The molecule has 1 atom stereocenters. The number of nitrogens with zero attached hydrogens (tertiary/aromatic N) is 1. The summed E-state index contributed by atoms with van der Waals surface area (Å²) in [6, 6.07) is 6.40. The van der Waals surface area contributed by atoms with E-state index in [0.717, 1.165) is 22.6 Å². The van der Waals surface area contributed by atoms with Gasteiger partial charge in [-0.2, -0.15) is 0 Å². The summed E-state index contributed by atoms with van der Waals surface area (Å²) in [4.78, 5) is 2.54. The van der Waals surface area contributed by atoms with Crippen LogP contribution in [0.4, 0.5) is 0 Å². The van der Waals surface area contributed by atoms with Crippen molar-refractivity contribution in [1.29, 1.82) is 0 Å². The lowest BCUT2D eigenvalue weighted by Crippen LogP contribution is -2.43. The average Bonchev–Trinajstić information content (AvgIpc) is 2.92. The Bertz CT molecular complexity index is 490. The first-order chi connectivity index (χ1) is 10.1. The van der Waals surface area contributed by atoms with Gasteiger partial charge in [0.1, 0.15) is 0 Å². The summed E-state index contributed by atoms with van der Waals surface area (Å²) in [6.45, 7) is 2.96. The summed E-state index contributed by atoms with van der Waals surface area (Å²) in [7, 11) is 0. The van der Waals surface area contributed by atoms with Gasteiger partial charge in [-0.25, -0.2) is 0 Å². The molecule has 0 radical (unpaired) electrons. The van der Waals surface area contributed by atoms with Crippen LogP contribution >= 0.6 is 27.5 Å². The Morgan fingerprint density at radius 1 is 1.19 bits per heavy atom. The van der Waals surface area contributed by atoms with Crippen molar-refractivity contribution in [2.24, 2.45) is 11.1 Å². The second-order valence-corrected chi connectivity index (χ2v) is 7.98. The van der Waals surface area contributed by atoms with E-state index in [1.54, 1.807) is 0 Å². The molecule has 4 heteroatoms. The van der Waals surface area contributed by atoms with Crippen LogP contribution in [0.1, 0.15) is 50.1 Å². The highest BCUT2D eigenvalue weighted by Gasteiger charge is 2.38. The molecule has 2 nitrogen and oxygen atoms in total. The first-order valence-corrected chi connectivity index (χ1v) is 9.20. The van der Waals surface area contributed by atoms with Crippen LogP contribution in [0.5, 0.6) is 0 Å². The SMILES string of the molecule is NCC(c1ccc(Br)cc1Cl)N1CCC2(CCCC2)CC1. The van der Waals surface area contributed by atoms with Crippen LogP contribution in [0.25, 0.3) is 0 Å². The van der Waals surface area contributed by atoms with Gasteiger partial charge in [0, 0.05) is 22.1 Å². The number of hydrogen-bond acceptors (Lipinski definition) is 2. The van der Waals surface area contributed by atoms with Crippen molar-refractivity contribution in [2.75, 3.05) is 19.6 Å². The summed E-state index contributed by atoms with van der Waals surface area (Å²) < 4.78 is 1.02. The molecule has 1 unspecified atom stereocenters. The lowest BCUT2D eigenvalue weighted by molar-refractivity contribution is 0.0780. The predicted molar refractivity (Wildman–Crippen MR) is 92.7 cm³/mol. The van der Waals surface area contributed by atoms with Gasteiger partial charge in [-0.1, -0.05) is 46.4 Å². The van der Waals surface area contributed by atoms with Gasteiger partial charge < -0.3 is 5.73 Å². The number of hydrogen-bond donors (Lipinski definition) is 1. The van der Waals surface area contributed by atoms with Crippen LogP contribution in [0.15, 0.2) is 22.7 Å². The highest BCUT2D eigenvalue weighted by Crippen LogP contribution is 2.47. The Labute approximate surface area is 141 Å². The van der Waals surface area contributed by atoms with Crippen LogP contribution in [0.2, 0.25) is 5.02 Å². The topological polar surface area (TPSA) is 29.3 Å². The molecule has 0 aromatic heterocycles. The fraction of sp³-hybridized carbons (Fsp3) is 0.647. The monoisotopic (exact) mass is 370 g/mol. The molecule has 0 amide bonds. The number of rotatable bonds is 3. The molecule has 3 rings (SSSR count). The summed E-state index contributed by atoms with van der Waals surface area (Å²) in [5, 5.41) is 0.820. The third-order valence-corrected chi connectivity index (χ3v) is 6.33. The van der Waals surface area contributed by atoms with Gasteiger partial charge in [-0.15, -0.1) is 0 Å². The van der Waals surface area contributed by atoms with Crippen molar-refractivity contribution in [3.05, 3.63) is 33.3 Å². The van der Waals surface area contributed by atoms with Crippen molar-refractivity contribution >= 4 is 27.5 Å². The molecule has 1 saturated carbocycles. The van der Waals surface area contributed by atoms with E-state index < -0.39 is 0 Å². The molecule has 1 aliphatic carbocycles. The van der Waals surface area contributed by atoms with Gasteiger partial charge in [0.15, 0.2) is 0 Å². The molecular weight excluding hydrogens is 348 g/mol. The maximum absolute atomic E-state index is 6.43. The minimum absolute atomic E-state index is 0.254. The van der Waals surface area contributed by atoms with E-state index in [0.29, 0.717) is 12.0 Å². The van der Waals surface area contributed by atoms with Crippen LogP contribution in [-0.2, 0) is 0 Å². The van der Waals surface area contributed by atoms with Gasteiger partial charge in [-0.05, 0) is 61.9 Å². The lowest BCUT2D eigenvalue weighted by atomic mass is 9.76. The van der Waals surface area contributed by atoms with E-state index in [1.807, 2.05) is 6.07 Å². The Kier molecular flexibility index (Phi) is 4.94. The van der Waals surface area contributed by atoms with Gasteiger partial charge in [0.05, 0.1) is 0 Å². The fourth-order valence-electron chi connectivity index (χ4n) is 4.18. The van der Waals surface area contributed by atoms with E-state index in [2.05, 4.69) is 33.0 Å². The molecule has 1 aromatic carbocycles. The minimum Gasteiger partial charge on any atom is -0.329 e. The molecule has 1 spiro atoms. The Balaban J connectivity index is 1.72. The molecular formula is C17H24BrClN2. The Morgan fingerprint density at radius 2 is 1.86 bits per heavy atom. The number of nitrogens with two attached hydrogens (primary N) is 1. The molecule has 1 saturated heterocycles. The van der Waals surface area contributed by atoms with Crippen LogP contribution in [0.3, 0.4) is 0 Å². The normalized spacial score (nSPS) is 23.6. The predicted octanol–water partition coefficient (Wildman–Crippen LogP) is 4.76. The van der Waals surface area contributed by atoms with Crippen LogP contribution in [-0.4, -0.2) is 24.5 Å². The third kappa shape index (κ3) is 3.31. The molecule has 116 valence electrons. The fourth-order valence-corrected chi connectivity index (χ4v) is 4.98. The standard InChI is InChI=1S/C17H24BrClN2/c18-13-3-4-14(15(19)11-13)16(12-20)21-9-7-17(8-10-21)5-1-2-6-17/h3-4,11,16H,1-2,5-10,12,20H2. The first-order valence-electron chi connectivity index (χ1n) is 8.03. The number of halogens is 2. The van der Waals surface area contributed by atoms with Gasteiger partial charge in [-0.3, -0.25) is 4.90 Å². The van der Waals surface area contributed by atoms with Crippen LogP contribution in [0, 0.1) is 5.41 Å². The zero-order valence-corrected chi connectivity index (χ0v) is 14.8. The second-order valence-electron chi connectivity index (χ2n) is 6.66. The smallest absolute Gasteiger partial charge is 0.0485 e. The second kappa shape index (κ2) is 6.57. The van der Waals surface area contributed by atoms with Gasteiger partial charge >= 0.3 is 0 Å². The molecule has 2 fully saturated rings. The van der Waals surface area contributed by atoms with E-state index in [9.17, 15) is 0 Å². The molecule has 0 bridgehead atoms. The Morgan fingerprint density at radius 3 is 2.43 bits per heavy atom. The number of piperidine rings is 1. The van der Waals surface area contributed by atoms with E-state index in [1.165, 1.54) is 44.1 Å². The molecule has 21 heavy (non-hydrogen) atoms. The maximum Gasteiger partial charge on any atom is 0.0485 e. The maximum atomic E-state index is 6.43. The van der Waals surface area contributed by atoms with Crippen molar-refractivity contribution < 1.29 is 0 Å². The largest absolute Gasteiger partial charge is 0.329 e. The quantitative estimate of drug-likeness (QED) is 0.830. The molecule has 2 aliphatic rings. The number of likely N-dealkylation sites (tertiary alicyclic amines) is 1. The lowest BCUT2D eigenvalue weighted by Gasteiger charge is -2.42. The highest BCUT2D eigenvalue weighted by atomic mass is 79.9. The van der Waals surface area contributed by atoms with Gasteiger partial charge in [0.25, 0.3) is 0 Å². The highest BCUT2D eigenvalue weighted by molar-refractivity contribution is 9.10. The summed E-state index contributed by atoms with van der Waals surface area (Å²) >= 11 is 9.91. The third-order valence-electron chi connectivity index (χ3n) is 5.51. The van der Waals surface area contributed by atoms with Gasteiger partial charge in [0.2, 0.25) is 0 Å². The summed E-state index contributed by atoms with van der Waals surface area (Å²) in [5.41, 5.74) is 7.90. The van der Waals surface area contributed by atoms with E-state index in [-0.39, 0.29) is 6.04 Å². The Hall–Kier alpha value is -0.0900. The first kappa shape index (κ1) is 15.8. The zero-order valence-electron chi connectivity index (χ0n) is 12.5. The molecule has 1 aromatic rings. The molecule has 2 N–H and O–H groups in total. The number of benzene rings is 1. The van der Waals surface area contributed by atoms with Crippen molar-refractivity contribution in [3.63, 3.8) is 0 Å². The summed E-state index contributed by atoms with van der Waals surface area (Å²) in [5.74, 6) is 0. The average molecular weight is 372 g/mol. The van der Waals surface area contributed by atoms with E-state index >= 15 is 0 Å². The molecule has 1 heterocycles. The summed E-state index contributed by atoms with van der Waals surface area (Å²) in [6.07, 6.45) is 8.40. The van der Waals surface area contributed by atoms with Crippen molar-refractivity contribution in [3.8, 4) is 0 Å². The molecule has 1 aliphatic heterocycles. The van der Waals surface area contributed by atoms with E-state index in [4.69, 9.17) is 17.3 Å². The zero-order chi connectivity index (χ0) is 14.9. The van der Waals surface area contributed by atoms with Crippen molar-refractivity contribution in [2.45, 2.75) is 44.6 Å². The van der Waals surface area contributed by atoms with Crippen LogP contribution < -0.4 is 5.73 Å². The minimum atomic E-state index is 0.254.